The molecule has 1 N–H and O–H groups in total. The fourth-order valence-corrected chi connectivity index (χ4v) is 2.84. The highest BCUT2D eigenvalue weighted by Gasteiger charge is 2.25. The molecule has 0 fully saturated rings. The molecule has 0 aliphatic heterocycles. The van der Waals surface area contributed by atoms with Gasteiger partial charge in [0.05, 0.1) is 18.7 Å². The highest BCUT2D eigenvalue weighted by Crippen LogP contribution is 2.35. The maximum absolute atomic E-state index is 13.8. The van der Waals surface area contributed by atoms with E-state index in [-0.39, 0.29) is 17.8 Å². The van der Waals surface area contributed by atoms with Gasteiger partial charge in [-0.15, -0.1) is 0 Å². The molecule has 1 unspecified atom stereocenters. The van der Waals surface area contributed by atoms with Gasteiger partial charge in [0.25, 0.3) is 0 Å². The maximum atomic E-state index is 13.8. The fraction of sp³-hybridized carbons (Fsp3) is 0.235. The second-order valence-corrected chi connectivity index (χ2v) is 5.08. The number of rotatable bonds is 3. The molecular formula is C17H16FNO2. The van der Waals surface area contributed by atoms with Crippen molar-refractivity contribution in [3.63, 3.8) is 0 Å². The average molecular weight is 285 g/mol. The Morgan fingerprint density at radius 1 is 1.24 bits per heavy atom. The molecular weight excluding hydrogens is 269 g/mol. The summed E-state index contributed by atoms with van der Waals surface area (Å²) in [6.07, 6.45) is 1.52. The summed E-state index contributed by atoms with van der Waals surface area (Å²) in [5, 5.41) is 3.34. The molecule has 4 heteroatoms. The number of fused-ring (bicyclic) bond motifs is 1. The van der Waals surface area contributed by atoms with Gasteiger partial charge in [0.1, 0.15) is 5.82 Å². The first-order valence-corrected chi connectivity index (χ1v) is 6.92. The van der Waals surface area contributed by atoms with Gasteiger partial charge in [-0.1, -0.05) is 24.3 Å². The number of ether oxygens (including phenoxy) is 1. The summed E-state index contributed by atoms with van der Waals surface area (Å²) in [5.41, 5.74) is 2.94. The van der Waals surface area contributed by atoms with Crippen LogP contribution in [0.15, 0.2) is 42.5 Å². The first-order chi connectivity index (χ1) is 10.2. The van der Waals surface area contributed by atoms with E-state index in [9.17, 15) is 9.18 Å². The molecule has 0 bridgehead atoms. The van der Waals surface area contributed by atoms with Gasteiger partial charge in [-0.05, 0) is 42.2 Å². The number of anilines is 1. The largest absolute Gasteiger partial charge is 0.465 e. The molecule has 2 aromatic carbocycles. The molecule has 3 rings (SSSR count). The summed E-state index contributed by atoms with van der Waals surface area (Å²) in [4.78, 5) is 11.8. The second-order valence-electron chi connectivity index (χ2n) is 5.08. The third kappa shape index (κ3) is 2.49. The molecule has 0 aromatic heterocycles. The number of halogens is 1. The van der Waals surface area contributed by atoms with E-state index in [0.29, 0.717) is 17.7 Å². The number of hydrogen-bond acceptors (Lipinski definition) is 3. The van der Waals surface area contributed by atoms with E-state index >= 15 is 0 Å². The van der Waals surface area contributed by atoms with Crippen molar-refractivity contribution in [3.8, 4) is 0 Å². The number of hydrogen-bond donors (Lipinski definition) is 1. The van der Waals surface area contributed by atoms with Gasteiger partial charge in [-0.25, -0.2) is 9.18 Å². The lowest BCUT2D eigenvalue weighted by Crippen LogP contribution is -2.12. The van der Waals surface area contributed by atoms with Crippen molar-refractivity contribution < 1.29 is 13.9 Å². The first kappa shape index (κ1) is 13.6. The quantitative estimate of drug-likeness (QED) is 0.874. The summed E-state index contributed by atoms with van der Waals surface area (Å²) >= 11 is 0. The zero-order chi connectivity index (χ0) is 14.8. The van der Waals surface area contributed by atoms with Gasteiger partial charge in [0.15, 0.2) is 0 Å². The smallest absolute Gasteiger partial charge is 0.339 e. The molecule has 21 heavy (non-hydrogen) atoms. The highest BCUT2D eigenvalue weighted by molar-refractivity contribution is 5.95. The Hall–Kier alpha value is -2.36. The van der Waals surface area contributed by atoms with Crippen LogP contribution < -0.4 is 5.32 Å². The number of para-hydroxylation sites is 1. The topological polar surface area (TPSA) is 38.3 Å². The summed E-state index contributed by atoms with van der Waals surface area (Å²) < 4.78 is 18.6. The molecule has 0 spiro atoms. The van der Waals surface area contributed by atoms with Crippen molar-refractivity contribution in [2.45, 2.75) is 18.9 Å². The number of esters is 1. The Balaban J connectivity index is 1.90. The van der Waals surface area contributed by atoms with E-state index in [1.165, 1.54) is 13.2 Å². The van der Waals surface area contributed by atoms with Crippen LogP contribution in [-0.2, 0) is 11.2 Å². The zero-order valence-corrected chi connectivity index (χ0v) is 11.7. The molecule has 0 radical (unpaired) electrons. The third-order valence-corrected chi connectivity index (χ3v) is 3.88. The standard InChI is InChI=1S/C17H16FNO2/c1-21-17(20)13-5-2-3-8-15(13)19-16-10-9-11-12(16)6-4-7-14(11)18/h2-8,16,19H,9-10H2,1H3. The second kappa shape index (κ2) is 5.56. The SMILES string of the molecule is COC(=O)c1ccccc1NC1CCc2c(F)cccc21. The molecule has 3 nitrogen and oxygen atoms in total. The van der Waals surface area contributed by atoms with Gasteiger partial charge < -0.3 is 10.1 Å². The maximum Gasteiger partial charge on any atom is 0.339 e. The number of methoxy groups -OCH3 is 1. The van der Waals surface area contributed by atoms with Gasteiger partial charge in [-0.3, -0.25) is 0 Å². The van der Waals surface area contributed by atoms with E-state index < -0.39 is 0 Å². The van der Waals surface area contributed by atoms with Crippen LogP contribution in [-0.4, -0.2) is 13.1 Å². The average Bonchev–Trinajstić information content (AvgIpc) is 2.92. The molecule has 0 heterocycles. The lowest BCUT2D eigenvalue weighted by Gasteiger charge is -2.17. The molecule has 108 valence electrons. The van der Waals surface area contributed by atoms with Crippen LogP contribution in [0.2, 0.25) is 0 Å². The van der Waals surface area contributed by atoms with Crippen molar-refractivity contribution in [1.82, 2.24) is 0 Å². The summed E-state index contributed by atoms with van der Waals surface area (Å²) in [6, 6.07) is 12.4. The zero-order valence-electron chi connectivity index (χ0n) is 11.7. The van der Waals surface area contributed by atoms with Gasteiger partial charge >= 0.3 is 5.97 Å². The van der Waals surface area contributed by atoms with E-state index in [0.717, 1.165) is 17.5 Å². The highest BCUT2D eigenvalue weighted by atomic mass is 19.1. The summed E-state index contributed by atoms with van der Waals surface area (Å²) in [7, 11) is 1.36. The molecule has 1 aliphatic carbocycles. The Labute approximate surface area is 122 Å². The van der Waals surface area contributed by atoms with Crippen molar-refractivity contribution in [1.29, 1.82) is 0 Å². The summed E-state index contributed by atoms with van der Waals surface area (Å²) in [6.45, 7) is 0. The van der Waals surface area contributed by atoms with E-state index in [4.69, 9.17) is 4.74 Å². The van der Waals surface area contributed by atoms with Crippen LogP contribution in [0.3, 0.4) is 0 Å². The Bertz CT molecular complexity index is 684. The van der Waals surface area contributed by atoms with E-state index in [1.807, 2.05) is 18.2 Å². The van der Waals surface area contributed by atoms with Crippen LogP contribution in [0.5, 0.6) is 0 Å². The molecule has 0 amide bonds. The Morgan fingerprint density at radius 2 is 2.05 bits per heavy atom. The monoisotopic (exact) mass is 285 g/mol. The number of benzene rings is 2. The van der Waals surface area contributed by atoms with Crippen LogP contribution >= 0.6 is 0 Å². The lowest BCUT2D eigenvalue weighted by molar-refractivity contribution is 0.0602. The minimum Gasteiger partial charge on any atom is -0.465 e. The minimum absolute atomic E-state index is 0.0153. The van der Waals surface area contributed by atoms with Gasteiger partial charge in [-0.2, -0.15) is 0 Å². The normalized spacial score (nSPS) is 16.4. The predicted octanol–water partition coefficient (Wildman–Crippen LogP) is 3.71. The van der Waals surface area contributed by atoms with Crippen LogP contribution in [0.25, 0.3) is 0 Å². The van der Waals surface area contributed by atoms with Gasteiger partial charge in [0.2, 0.25) is 0 Å². The lowest BCUT2D eigenvalue weighted by atomic mass is 10.1. The Kier molecular flexibility index (Phi) is 3.60. The third-order valence-electron chi connectivity index (χ3n) is 3.88. The molecule has 1 atom stereocenters. The first-order valence-electron chi connectivity index (χ1n) is 6.92. The number of nitrogens with one attached hydrogen (secondary N) is 1. The molecule has 0 saturated carbocycles. The number of carbonyl (C=O) groups excluding carboxylic acids is 1. The molecule has 0 saturated heterocycles. The van der Waals surface area contributed by atoms with Crippen molar-refractivity contribution >= 4 is 11.7 Å². The fourth-order valence-electron chi connectivity index (χ4n) is 2.84. The summed E-state index contributed by atoms with van der Waals surface area (Å²) in [5.74, 6) is -0.534. The van der Waals surface area contributed by atoms with Crippen LogP contribution in [0.1, 0.15) is 33.9 Å². The van der Waals surface area contributed by atoms with Gasteiger partial charge in [0, 0.05) is 5.69 Å². The number of carbonyl (C=O) groups is 1. The minimum atomic E-state index is -0.379. The van der Waals surface area contributed by atoms with E-state index in [1.54, 1.807) is 18.2 Å². The molecule has 1 aliphatic rings. The Morgan fingerprint density at radius 3 is 2.86 bits per heavy atom. The van der Waals surface area contributed by atoms with Crippen molar-refractivity contribution in [2.75, 3.05) is 12.4 Å². The van der Waals surface area contributed by atoms with Crippen LogP contribution in [0, 0.1) is 5.82 Å². The van der Waals surface area contributed by atoms with Crippen molar-refractivity contribution in [3.05, 3.63) is 65.0 Å². The van der Waals surface area contributed by atoms with Crippen molar-refractivity contribution in [2.24, 2.45) is 0 Å². The molecule has 2 aromatic rings. The van der Waals surface area contributed by atoms with Crippen LogP contribution in [0.4, 0.5) is 10.1 Å². The predicted molar refractivity (Wildman–Crippen MR) is 78.9 cm³/mol. The van der Waals surface area contributed by atoms with E-state index in [2.05, 4.69) is 5.32 Å².